The average Bonchev–Trinajstić information content (AvgIpc) is 3.03. The van der Waals surface area contributed by atoms with Crippen LogP contribution in [0, 0.1) is 52.3 Å². The quantitative estimate of drug-likeness (QED) is 0.447. The summed E-state index contributed by atoms with van der Waals surface area (Å²) in [5, 5.41) is 0. The Kier molecular flexibility index (Phi) is 5.67. The van der Waals surface area contributed by atoms with E-state index in [1.807, 2.05) is 5.57 Å². The summed E-state index contributed by atoms with van der Waals surface area (Å²) in [4.78, 5) is 12.1. The van der Waals surface area contributed by atoms with Crippen molar-refractivity contribution in [2.24, 2.45) is 52.3 Å². The standard InChI is InChI=1S/C28H44O/c1-18(2)19(3)7-8-20(4)24-11-12-25-23-10-9-21-17-22(29)13-15-27(21,5)26(23)14-16-28(24,25)6/h7-8,10,18-21,24-26H,9,11-17H2,1-6H3/t19-,20+,21-,24+,25-,26-,27-,28+/m0/s1. The number of allylic oxidation sites excluding steroid dienone is 4. The van der Waals surface area contributed by atoms with Crippen LogP contribution in [-0.2, 0) is 4.79 Å². The number of carbonyl (C=O) groups is 1. The Morgan fingerprint density at radius 1 is 0.966 bits per heavy atom. The van der Waals surface area contributed by atoms with Crippen molar-refractivity contribution in [1.82, 2.24) is 0 Å². The Hall–Kier alpha value is -0.850. The monoisotopic (exact) mass is 396 g/mol. The van der Waals surface area contributed by atoms with Crippen molar-refractivity contribution < 1.29 is 4.79 Å². The van der Waals surface area contributed by atoms with Crippen molar-refractivity contribution in [3.05, 3.63) is 23.8 Å². The summed E-state index contributed by atoms with van der Waals surface area (Å²) in [7, 11) is 0. The molecule has 0 aromatic carbocycles. The summed E-state index contributed by atoms with van der Waals surface area (Å²) in [6.07, 6.45) is 17.2. The van der Waals surface area contributed by atoms with Gasteiger partial charge in [-0.1, -0.05) is 65.3 Å². The van der Waals surface area contributed by atoms with Crippen molar-refractivity contribution >= 4 is 5.78 Å². The van der Waals surface area contributed by atoms with Crippen LogP contribution in [0.2, 0.25) is 0 Å². The van der Waals surface area contributed by atoms with Crippen LogP contribution in [0.3, 0.4) is 0 Å². The second-order valence-electron chi connectivity index (χ2n) is 12.1. The molecule has 3 saturated carbocycles. The molecular formula is C28H44O. The summed E-state index contributed by atoms with van der Waals surface area (Å²) in [6, 6.07) is 0. The van der Waals surface area contributed by atoms with Crippen LogP contribution in [-0.4, -0.2) is 5.78 Å². The minimum absolute atomic E-state index is 0.385. The highest BCUT2D eigenvalue weighted by atomic mass is 16.1. The molecule has 0 aromatic heterocycles. The van der Waals surface area contributed by atoms with Crippen LogP contribution in [0.1, 0.15) is 92.9 Å². The molecule has 0 aromatic rings. The van der Waals surface area contributed by atoms with Crippen molar-refractivity contribution in [1.29, 1.82) is 0 Å². The lowest BCUT2D eigenvalue weighted by Crippen LogP contribution is -2.49. The van der Waals surface area contributed by atoms with E-state index >= 15 is 0 Å². The maximum atomic E-state index is 12.1. The molecule has 0 unspecified atom stereocenters. The topological polar surface area (TPSA) is 17.1 Å². The predicted octanol–water partition coefficient (Wildman–Crippen LogP) is 7.62. The van der Waals surface area contributed by atoms with E-state index in [9.17, 15) is 4.79 Å². The zero-order valence-corrected chi connectivity index (χ0v) is 19.8. The van der Waals surface area contributed by atoms with Crippen molar-refractivity contribution in [3.63, 3.8) is 0 Å². The molecule has 0 aliphatic heterocycles. The molecule has 1 nitrogen and oxygen atoms in total. The van der Waals surface area contributed by atoms with Gasteiger partial charge in [0.15, 0.2) is 0 Å². The minimum atomic E-state index is 0.385. The SMILES string of the molecule is CC(C)[C@@H](C)C=C[C@@H](C)[C@H]1CC[C@H]2C3=CC[C@H]4CC(=O)CC[C@]4(C)[C@H]3CC[C@]12C. The first-order valence-corrected chi connectivity index (χ1v) is 12.6. The normalized spacial score (nSPS) is 44.2. The number of ketones is 1. The minimum Gasteiger partial charge on any atom is -0.300 e. The van der Waals surface area contributed by atoms with E-state index in [1.165, 1.54) is 25.7 Å². The lowest BCUT2D eigenvalue weighted by Gasteiger charge is -2.57. The first-order valence-electron chi connectivity index (χ1n) is 12.6. The van der Waals surface area contributed by atoms with Crippen molar-refractivity contribution in [2.75, 3.05) is 0 Å². The van der Waals surface area contributed by atoms with Gasteiger partial charge in [0.2, 0.25) is 0 Å². The third-order valence-corrected chi connectivity index (χ3v) is 10.4. The van der Waals surface area contributed by atoms with Crippen LogP contribution >= 0.6 is 0 Å². The fourth-order valence-electron chi connectivity index (χ4n) is 7.91. The van der Waals surface area contributed by atoms with Gasteiger partial charge < -0.3 is 0 Å². The van der Waals surface area contributed by atoms with E-state index in [-0.39, 0.29) is 0 Å². The van der Waals surface area contributed by atoms with E-state index in [0.29, 0.717) is 34.4 Å². The maximum Gasteiger partial charge on any atom is 0.133 e. The first-order chi connectivity index (χ1) is 13.7. The van der Waals surface area contributed by atoms with E-state index < -0.39 is 0 Å². The highest BCUT2D eigenvalue weighted by Crippen LogP contribution is 2.66. The van der Waals surface area contributed by atoms with Gasteiger partial charge in [0, 0.05) is 12.8 Å². The summed E-state index contributed by atoms with van der Waals surface area (Å²) in [5.74, 6) is 5.57. The van der Waals surface area contributed by atoms with E-state index in [1.54, 1.807) is 0 Å². The molecule has 3 fully saturated rings. The van der Waals surface area contributed by atoms with Gasteiger partial charge in [0.05, 0.1) is 0 Å². The molecule has 1 heteroatoms. The van der Waals surface area contributed by atoms with Crippen molar-refractivity contribution in [3.8, 4) is 0 Å². The van der Waals surface area contributed by atoms with Crippen LogP contribution < -0.4 is 0 Å². The number of rotatable bonds is 4. The van der Waals surface area contributed by atoms with E-state index in [4.69, 9.17) is 0 Å². The fraction of sp³-hybridized carbons (Fsp3) is 0.821. The Balaban J connectivity index is 1.55. The molecular weight excluding hydrogens is 352 g/mol. The molecule has 29 heavy (non-hydrogen) atoms. The summed E-state index contributed by atoms with van der Waals surface area (Å²) < 4.78 is 0. The molecule has 0 saturated heterocycles. The third kappa shape index (κ3) is 3.49. The maximum absolute atomic E-state index is 12.1. The van der Waals surface area contributed by atoms with Gasteiger partial charge >= 0.3 is 0 Å². The van der Waals surface area contributed by atoms with Crippen LogP contribution in [0.4, 0.5) is 0 Å². The smallest absolute Gasteiger partial charge is 0.133 e. The zero-order valence-electron chi connectivity index (χ0n) is 19.8. The number of hydrogen-bond donors (Lipinski definition) is 0. The average molecular weight is 397 g/mol. The van der Waals surface area contributed by atoms with Gasteiger partial charge in [-0.25, -0.2) is 0 Å². The third-order valence-electron chi connectivity index (χ3n) is 10.4. The molecule has 4 aliphatic carbocycles. The number of hydrogen-bond acceptors (Lipinski definition) is 1. The molecule has 162 valence electrons. The van der Waals surface area contributed by atoms with E-state index in [2.05, 4.69) is 59.8 Å². The Morgan fingerprint density at radius 3 is 2.41 bits per heavy atom. The van der Waals surface area contributed by atoms with Crippen LogP contribution in [0.15, 0.2) is 23.8 Å². The van der Waals surface area contributed by atoms with Gasteiger partial charge in [0.1, 0.15) is 5.78 Å². The van der Waals surface area contributed by atoms with Gasteiger partial charge in [-0.3, -0.25) is 4.79 Å². The van der Waals surface area contributed by atoms with Gasteiger partial charge in [0.25, 0.3) is 0 Å². The molecule has 0 amide bonds. The summed E-state index contributed by atoms with van der Waals surface area (Å²) >= 11 is 0. The molecule has 0 N–H and O–H groups in total. The summed E-state index contributed by atoms with van der Waals surface area (Å²) in [5.41, 5.74) is 2.68. The molecule has 4 rings (SSSR count). The fourth-order valence-corrected chi connectivity index (χ4v) is 7.91. The van der Waals surface area contributed by atoms with Gasteiger partial charge in [-0.15, -0.1) is 0 Å². The molecule has 0 heterocycles. The zero-order chi connectivity index (χ0) is 21.0. The van der Waals surface area contributed by atoms with Crippen LogP contribution in [0.5, 0.6) is 0 Å². The summed E-state index contributed by atoms with van der Waals surface area (Å²) in [6.45, 7) is 14.7. The highest BCUT2D eigenvalue weighted by molar-refractivity contribution is 5.79. The largest absolute Gasteiger partial charge is 0.300 e. The molecule has 0 spiro atoms. The lowest BCUT2D eigenvalue weighted by molar-refractivity contribution is -0.127. The number of fused-ring (bicyclic) bond motifs is 5. The molecule has 4 aliphatic rings. The Bertz CT molecular complexity index is 699. The second-order valence-corrected chi connectivity index (χ2v) is 12.1. The molecule has 0 bridgehead atoms. The first kappa shape index (κ1) is 21.4. The Labute approximate surface area is 179 Å². The Morgan fingerprint density at radius 2 is 1.69 bits per heavy atom. The molecule has 8 atom stereocenters. The van der Waals surface area contributed by atoms with Gasteiger partial charge in [-0.2, -0.15) is 0 Å². The van der Waals surface area contributed by atoms with Crippen LogP contribution in [0.25, 0.3) is 0 Å². The van der Waals surface area contributed by atoms with Gasteiger partial charge in [-0.05, 0) is 90.8 Å². The number of carbonyl (C=O) groups excluding carboxylic acids is 1. The van der Waals surface area contributed by atoms with Crippen molar-refractivity contribution in [2.45, 2.75) is 92.9 Å². The van der Waals surface area contributed by atoms with E-state index in [0.717, 1.165) is 49.4 Å². The lowest BCUT2D eigenvalue weighted by atomic mass is 9.48. The predicted molar refractivity (Wildman–Crippen MR) is 123 cm³/mol. The number of Topliss-reactive ketones (excluding diaryl/α,β-unsaturated/α-hetero) is 1. The highest BCUT2D eigenvalue weighted by Gasteiger charge is 2.57. The second kappa shape index (κ2) is 7.69. The molecule has 0 radical (unpaired) electrons.